The number of carboxylic acid groups (broad SMARTS) is 1. The van der Waals surface area contributed by atoms with Crippen molar-refractivity contribution in [3.05, 3.63) is 0 Å². The Morgan fingerprint density at radius 2 is 2.23 bits per heavy atom. The third kappa shape index (κ3) is 6.86. The smallest absolute Gasteiger partial charge is 0.332 e. The summed E-state index contributed by atoms with van der Waals surface area (Å²) >= 11 is 1.53. The lowest BCUT2D eigenvalue weighted by molar-refractivity contribution is -0.150. The number of aliphatic carboxylic acids is 1. The third-order valence-corrected chi connectivity index (χ3v) is 2.40. The molecule has 0 bridgehead atoms. The van der Waals surface area contributed by atoms with Crippen LogP contribution in [0.25, 0.3) is 0 Å². The standard InChI is InChI=1S/C8H16O4S/c1-2-12-7(8(10)11)3-5-13-6-4-9/h7,9H,2-6H2,1H3,(H,10,11). The molecule has 0 fully saturated rings. The Kier molecular flexibility index (Phi) is 8.18. The lowest BCUT2D eigenvalue weighted by Crippen LogP contribution is -2.24. The van der Waals surface area contributed by atoms with Crippen LogP contribution in [0.4, 0.5) is 0 Å². The molecule has 0 rings (SSSR count). The first-order valence-corrected chi connectivity index (χ1v) is 5.40. The van der Waals surface area contributed by atoms with E-state index in [1.54, 1.807) is 6.92 Å². The van der Waals surface area contributed by atoms with Crippen LogP contribution < -0.4 is 0 Å². The second kappa shape index (κ2) is 8.34. The minimum Gasteiger partial charge on any atom is -0.479 e. The Morgan fingerprint density at radius 3 is 2.69 bits per heavy atom. The molecular formula is C8H16O4S. The zero-order chi connectivity index (χ0) is 10.1. The van der Waals surface area contributed by atoms with Crippen LogP contribution in [-0.4, -0.2) is 47.0 Å². The van der Waals surface area contributed by atoms with E-state index in [2.05, 4.69) is 0 Å². The summed E-state index contributed by atoms with van der Waals surface area (Å²) in [5.41, 5.74) is 0. The van der Waals surface area contributed by atoms with Crippen LogP contribution in [0.5, 0.6) is 0 Å². The Morgan fingerprint density at radius 1 is 1.54 bits per heavy atom. The van der Waals surface area contributed by atoms with Gasteiger partial charge in [0.25, 0.3) is 0 Å². The van der Waals surface area contributed by atoms with Crippen LogP contribution in [-0.2, 0) is 9.53 Å². The van der Waals surface area contributed by atoms with Gasteiger partial charge in [-0.1, -0.05) is 0 Å². The predicted octanol–water partition coefficient (Wildman–Crippen LogP) is 0.592. The minimum atomic E-state index is -0.911. The van der Waals surface area contributed by atoms with Gasteiger partial charge in [-0.15, -0.1) is 0 Å². The Bertz CT molecular complexity index is 140. The molecule has 2 N–H and O–H groups in total. The lowest BCUT2D eigenvalue weighted by atomic mass is 10.3. The van der Waals surface area contributed by atoms with Gasteiger partial charge >= 0.3 is 5.97 Å². The molecule has 4 nitrogen and oxygen atoms in total. The Labute approximate surface area is 82.3 Å². The van der Waals surface area contributed by atoms with Crippen LogP contribution in [0.3, 0.4) is 0 Å². The van der Waals surface area contributed by atoms with Gasteiger partial charge in [0.2, 0.25) is 0 Å². The molecule has 0 spiro atoms. The molecule has 0 aromatic rings. The number of carbonyl (C=O) groups is 1. The quantitative estimate of drug-likeness (QED) is 0.571. The molecule has 0 saturated carbocycles. The monoisotopic (exact) mass is 208 g/mol. The largest absolute Gasteiger partial charge is 0.479 e. The van der Waals surface area contributed by atoms with Crippen molar-refractivity contribution in [1.29, 1.82) is 0 Å². The number of aliphatic hydroxyl groups excluding tert-OH is 1. The first-order valence-electron chi connectivity index (χ1n) is 4.25. The molecule has 0 aromatic heterocycles. The van der Waals surface area contributed by atoms with E-state index in [0.717, 1.165) is 0 Å². The van der Waals surface area contributed by atoms with E-state index in [9.17, 15) is 4.79 Å². The first-order chi connectivity index (χ1) is 6.22. The highest BCUT2D eigenvalue weighted by Crippen LogP contribution is 2.07. The molecule has 0 aliphatic heterocycles. The van der Waals surface area contributed by atoms with Crippen molar-refractivity contribution in [2.24, 2.45) is 0 Å². The Balaban J connectivity index is 3.51. The van der Waals surface area contributed by atoms with Crippen LogP contribution in [0.15, 0.2) is 0 Å². The van der Waals surface area contributed by atoms with Gasteiger partial charge in [0.05, 0.1) is 6.61 Å². The number of hydrogen-bond acceptors (Lipinski definition) is 4. The lowest BCUT2D eigenvalue weighted by Gasteiger charge is -2.11. The number of ether oxygens (including phenoxy) is 1. The highest BCUT2D eigenvalue weighted by molar-refractivity contribution is 7.99. The summed E-state index contributed by atoms with van der Waals surface area (Å²) in [5.74, 6) is 0.446. The average molecular weight is 208 g/mol. The summed E-state index contributed by atoms with van der Waals surface area (Å²) in [6, 6.07) is 0. The molecular weight excluding hydrogens is 192 g/mol. The number of aliphatic hydroxyl groups is 1. The van der Waals surface area contributed by atoms with Crippen LogP contribution in [0.2, 0.25) is 0 Å². The second-order valence-corrected chi connectivity index (χ2v) is 3.63. The van der Waals surface area contributed by atoms with Crippen molar-refractivity contribution in [1.82, 2.24) is 0 Å². The Hall–Kier alpha value is -0.260. The van der Waals surface area contributed by atoms with Crippen molar-refractivity contribution < 1.29 is 19.7 Å². The molecule has 0 amide bonds. The molecule has 13 heavy (non-hydrogen) atoms. The average Bonchev–Trinajstić information content (AvgIpc) is 2.10. The van der Waals surface area contributed by atoms with Gasteiger partial charge in [0.1, 0.15) is 0 Å². The molecule has 0 aromatic carbocycles. The van der Waals surface area contributed by atoms with Gasteiger partial charge in [-0.25, -0.2) is 4.79 Å². The highest BCUT2D eigenvalue weighted by Gasteiger charge is 2.16. The summed E-state index contributed by atoms with van der Waals surface area (Å²) < 4.78 is 5.01. The van der Waals surface area contributed by atoms with Gasteiger partial charge in [0.15, 0.2) is 6.10 Å². The van der Waals surface area contributed by atoms with E-state index in [1.807, 2.05) is 0 Å². The van der Waals surface area contributed by atoms with Gasteiger partial charge in [-0.3, -0.25) is 0 Å². The van der Waals surface area contributed by atoms with Gasteiger partial charge in [-0.2, -0.15) is 11.8 Å². The van der Waals surface area contributed by atoms with Crippen molar-refractivity contribution >= 4 is 17.7 Å². The summed E-state index contributed by atoms with van der Waals surface area (Å²) in [6.07, 6.45) is -0.204. The fraction of sp³-hybridized carbons (Fsp3) is 0.875. The van der Waals surface area contributed by atoms with E-state index < -0.39 is 12.1 Å². The minimum absolute atomic E-state index is 0.136. The molecule has 0 aliphatic carbocycles. The van der Waals surface area contributed by atoms with Gasteiger partial charge < -0.3 is 14.9 Å². The van der Waals surface area contributed by atoms with Crippen LogP contribution in [0.1, 0.15) is 13.3 Å². The fourth-order valence-corrected chi connectivity index (χ4v) is 1.55. The predicted molar refractivity (Wildman–Crippen MR) is 52.1 cm³/mol. The van der Waals surface area contributed by atoms with E-state index in [1.165, 1.54) is 11.8 Å². The zero-order valence-electron chi connectivity index (χ0n) is 7.73. The molecule has 0 radical (unpaired) electrons. The maximum absolute atomic E-state index is 10.6. The SMILES string of the molecule is CCOC(CCSCCO)C(=O)O. The number of rotatable bonds is 8. The summed E-state index contributed by atoms with van der Waals surface area (Å²) in [5, 5.41) is 17.2. The number of thioether (sulfide) groups is 1. The van der Waals surface area contributed by atoms with Crippen molar-refractivity contribution in [2.75, 3.05) is 24.7 Å². The van der Waals surface area contributed by atoms with Crippen LogP contribution >= 0.6 is 11.8 Å². The topological polar surface area (TPSA) is 66.8 Å². The maximum Gasteiger partial charge on any atom is 0.332 e. The van der Waals surface area contributed by atoms with E-state index in [-0.39, 0.29) is 6.61 Å². The van der Waals surface area contributed by atoms with Crippen LogP contribution in [0, 0.1) is 0 Å². The number of hydrogen-bond donors (Lipinski definition) is 2. The van der Waals surface area contributed by atoms with Gasteiger partial charge in [-0.05, 0) is 19.1 Å². The van der Waals surface area contributed by atoms with Crippen molar-refractivity contribution in [2.45, 2.75) is 19.4 Å². The van der Waals surface area contributed by atoms with E-state index >= 15 is 0 Å². The van der Waals surface area contributed by atoms with Crippen molar-refractivity contribution in [3.8, 4) is 0 Å². The van der Waals surface area contributed by atoms with E-state index in [4.69, 9.17) is 14.9 Å². The summed E-state index contributed by atoms with van der Waals surface area (Å²) in [4.78, 5) is 10.6. The molecule has 78 valence electrons. The first kappa shape index (κ1) is 12.7. The fourth-order valence-electron chi connectivity index (χ4n) is 0.836. The highest BCUT2D eigenvalue weighted by atomic mass is 32.2. The maximum atomic E-state index is 10.6. The zero-order valence-corrected chi connectivity index (χ0v) is 8.55. The van der Waals surface area contributed by atoms with Gasteiger partial charge in [0, 0.05) is 12.4 Å². The van der Waals surface area contributed by atoms with Crippen molar-refractivity contribution in [3.63, 3.8) is 0 Å². The normalized spacial score (nSPS) is 12.8. The second-order valence-electron chi connectivity index (χ2n) is 2.41. The molecule has 0 aliphatic rings. The molecule has 0 saturated heterocycles. The summed E-state index contributed by atoms with van der Waals surface area (Å²) in [7, 11) is 0. The molecule has 0 heterocycles. The number of carboxylic acids is 1. The molecule has 1 unspecified atom stereocenters. The molecule has 5 heteroatoms. The summed E-state index contributed by atoms with van der Waals surface area (Å²) in [6.45, 7) is 2.33. The van der Waals surface area contributed by atoms with E-state index in [0.29, 0.717) is 24.5 Å². The molecule has 1 atom stereocenters. The third-order valence-electron chi connectivity index (χ3n) is 1.40.